The van der Waals surface area contributed by atoms with Crippen LogP contribution in [0.2, 0.25) is 0 Å². The number of aromatic nitrogens is 2. The highest BCUT2D eigenvalue weighted by Crippen LogP contribution is 2.49. The Morgan fingerprint density at radius 1 is 0.557 bits per heavy atom. The molecule has 0 atom stereocenters. The Kier molecular flexibility index (Phi) is 20.4. The van der Waals surface area contributed by atoms with Gasteiger partial charge in [-0.05, 0) is 129 Å². The van der Waals surface area contributed by atoms with E-state index in [0.717, 1.165) is 102 Å². The van der Waals surface area contributed by atoms with Crippen molar-refractivity contribution in [1.82, 2.24) is 15.2 Å². The van der Waals surface area contributed by atoms with E-state index in [1.807, 2.05) is 120 Å². The molecule has 0 saturated carbocycles. The number of nitrogens with zero attached hydrogens (tertiary/aromatic N) is 4. The first-order valence-corrected chi connectivity index (χ1v) is 32.0. The predicted octanol–water partition coefficient (Wildman–Crippen LogP) is 16.1. The number of rotatable bonds is 27. The maximum atomic E-state index is 13.1. The van der Waals surface area contributed by atoms with Crippen LogP contribution in [-0.2, 0) is 22.7 Å². The highest BCUT2D eigenvalue weighted by molar-refractivity contribution is 8.03. The van der Waals surface area contributed by atoms with Crippen molar-refractivity contribution in [2.75, 3.05) is 53.8 Å². The van der Waals surface area contributed by atoms with E-state index in [4.69, 9.17) is 9.47 Å². The summed E-state index contributed by atoms with van der Waals surface area (Å²) >= 11 is 3.62. The quantitative estimate of drug-likeness (QED) is 0.0291. The van der Waals surface area contributed by atoms with Crippen LogP contribution in [0.5, 0.6) is 11.5 Å². The second-order valence-corrected chi connectivity index (χ2v) is 24.0. The monoisotopic (exact) mass is 1210 g/mol. The number of hydrogen-bond acceptors (Lipinski definition) is 10. The van der Waals surface area contributed by atoms with Gasteiger partial charge in [-0.15, -0.1) is 0 Å². The molecule has 4 N–H and O–H groups in total. The van der Waals surface area contributed by atoms with E-state index in [-0.39, 0.29) is 24.7 Å². The second kappa shape index (κ2) is 29.8. The molecule has 3 heterocycles. The normalized spacial score (nSPS) is 12.3. The van der Waals surface area contributed by atoms with Crippen LogP contribution in [0.3, 0.4) is 0 Å². The van der Waals surface area contributed by atoms with Crippen molar-refractivity contribution >= 4 is 108 Å². The van der Waals surface area contributed by atoms with E-state index in [0.29, 0.717) is 50.5 Å². The summed E-state index contributed by atoms with van der Waals surface area (Å²) in [7, 11) is 2.05. The fourth-order valence-electron chi connectivity index (χ4n) is 11.2. The van der Waals surface area contributed by atoms with Crippen LogP contribution in [0, 0.1) is 0 Å². The molecule has 1 aliphatic heterocycles. The number of ether oxygens (including phenoxy) is 2. The molecule has 0 aliphatic carbocycles. The lowest BCUT2D eigenvalue weighted by Gasteiger charge is -2.24. The van der Waals surface area contributed by atoms with E-state index in [1.54, 1.807) is 24.3 Å². The lowest BCUT2D eigenvalue weighted by molar-refractivity contribution is -0.669. The number of unbranched alkanes of at least 4 members (excludes halogenated alkanes) is 4. The fraction of sp³-hybridized carbons (Fsp3) is 0.236. The van der Waals surface area contributed by atoms with Gasteiger partial charge in [-0.3, -0.25) is 20.2 Å². The number of anilines is 4. The number of fused-ring (bicyclic) bond motifs is 5. The summed E-state index contributed by atoms with van der Waals surface area (Å²) in [6.45, 7) is 4.14. The Morgan fingerprint density at radius 3 is 1.82 bits per heavy atom. The summed E-state index contributed by atoms with van der Waals surface area (Å²) in [5.41, 5.74) is 9.04. The van der Waals surface area contributed by atoms with Gasteiger partial charge in [0.1, 0.15) is 16.2 Å². The van der Waals surface area contributed by atoms with Gasteiger partial charge in [-0.2, -0.15) is 4.57 Å². The number of imide groups is 2. The smallest absolute Gasteiger partial charge is 0.325 e. The highest BCUT2D eigenvalue weighted by Gasteiger charge is 2.30. The summed E-state index contributed by atoms with van der Waals surface area (Å²) in [6.07, 6.45) is 9.68. The molecule has 16 heteroatoms. The molecule has 11 rings (SSSR count). The topological polar surface area (TPSA) is 150 Å². The highest BCUT2D eigenvalue weighted by atomic mass is 32.2. The molecule has 88 heavy (non-hydrogen) atoms. The third-order valence-corrected chi connectivity index (χ3v) is 17.8. The van der Waals surface area contributed by atoms with Gasteiger partial charge < -0.3 is 34.5 Å². The first kappa shape index (κ1) is 60.3. The summed E-state index contributed by atoms with van der Waals surface area (Å²) in [5.74, 6) is 1.12. The zero-order valence-electron chi connectivity index (χ0n) is 49.5. The minimum absolute atomic E-state index is 0.190. The number of thiazole rings is 1. The predicted molar refractivity (Wildman–Crippen MR) is 359 cm³/mol. The first-order valence-electron chi connectivity index (χ1n) is 30.4. The van der Waals surface area contributed by atoms with Crippen LogP contribution in [0.15, 0.2) is 210 Å². The molecular weight excluding hydrogens is 1140 g/mol. The lowest BCUT2D eigenvalue weighted by Crippen LogP contribution is -2.35. The number of para-hydroxylation sites is 6. The molecule has 14 nitrogen and oxygen atoms in total. The SMILES string of the molecule is CN(CCCC(=O)NC(=O)Nc1ccccc1)c1ccccc1-c1ccc2c(c1)N(CCCCCOc1ccccc1)C(=Cc1sc3cc4c(cc3[n+]1CCCCCOc1ccccc1)c1ccccc1n4CCCC(=O)NC(=O)Nc1ccccc1)S2. The first-order chi connectivity index (χ1) is 43.2. The molecule has 10 aromatic rings. The van der Waals surface area contributed by atoms with E-state index < -0.39 is 12.1 Å². The van der Waals surface area contributed by atoms with Gasteiger partial charge in [0.15, 0.2) is 6.54 Å². The van der Waals surface area contributed by atoms with Crippen LogP contribution < -0.4 is 45.1 Å². The summed E-state index contributed by atoms with van der Waals surface area (Å²) in [5, 5.41) is 15.1. The van der Waals surface area contributed by atoms with Crippen molar-refractivity contribution < 1.29 is 33.2 Å². The number of aryl methyl sites for hydroxylation is 2. The van der Waals surface area contributed by atoms with Gasteiger partial charge in [-0.25, -0.2) is 9.59 Å². The molecule has 448 valence electrons. The number of urea groups is 2. The standard InChI is InChI=1S/C72H72N8O6S2/c1-77(42-24-38-67(81)75-71(83)73-53-26-8-2-9-27-53)60-36-18-16-34-57(60)52-40-41-65-63(48-52)79(43-20-6-22-46-85-55-30-12-4-13-31-55)69(87-65)51-70-80(44-21-7-23-47-86-56-32-14-5-15-33-56)64-49-59-58-35-17-19-37-61(58)78(62(59)50-66(64)88-70)45-25-39-68(82)76-72(84)74-54-28-10-3-11-29-54/h2-5,8-19,26-37,40-41,48-51H,6-7,20-25,38-39,42-47H2,1H3,(H3-,73,74,75,76,81,82,83,84)/p+1. The Morgan fingerprint density at radius 2 is 1.15 bits per heavy atom. The molecule has 2 aromatic heterocycles. The number of carbonyl (C=O) groups excluding carboxylic acids is 4. The Bertz CT molecular complexity index is 4050. The number of amides is 6. The van der Waals surface area contributed by atoms with Crippen LogP contribution in [0.1, 0.15) is 69.2 Å². The average molecular weight is 1210 g/mol. The van der Waals surface area contributed by atoms with Crippen molar-refractivity contribution in [2.24, 2.45) is 0 Å². The van der Waals surface area contributed by atoms with E-state index in [1.165, 1.54) is 30.8 Å². The molecule has 8 aromatic carbocycles. The Hall–Kier alpha value is -9.38. The Labute approximate surface area is 522 Å². The minimum atomic E-state index is -0.544. The van der Waals surface area contributed by atoms with Crippen LogP contribution in [0.4, 0.5) is 32.3 Å². The van der Waals surface area contributed by atoms with Crippen molar-refractivity contribution in [1.29, 1.82) is 0 Å². The van der Waals surface area contributed by atoms with Gasteiger partial charge >= 0.3 is 12.1 Å². The average Bonchev–Trinajstić information content (AvgIpc) is 4.41. The fourth-order valence-corrected chi connectivity index (χ4v) is 13.6. The molecule has 0 spiro atoms. The maximum absolute atomic E-state index is 13.1. The van der Waals surface area contributed by atoms with Gasteiger partial charge in [0.05, 0.1) is 35.5 Å². The van der Waals surface area contributed by atoms with Gasteiger partial charge in [0, 0.05) is 95.8 Å². The molecule has 0 radical (unpaired) electrons. The minimum Gasteiger partial charge on any atom is -0.494 e. The van der Waals surface area contributed by atoms with Crippen molar-refractivity contribution in [3.8, 4) is 22.6 Å². The number of carbonyl (C=O) groups is 4. The van der Waals surface area contributed by atoms with Crippen molar-refractivity contribution in [2.45, 2.75) is 82.2 Å². The molecule has 0 saturated heterocycles. The van der Waals surface area contributed by atoms with Crippen LogP contribution >= 0.6 is 23.1 Å². The Balaban J connectivity index is 0.864. The molecule has 0 unspecified atom stereocenters. The van der Waals surface area contributed by atoms with E-state index >= 15 is 0 Å². The molecular formula is C72H73N8O6S2+. The lowest BCUT2D eigenvalue weighted by atomic mass is 10.0. The zero-order chi connectivity index (χ0) is 60.4. The molecule has 0 bridgehead atoms. The van der Waals surface area contributed by atoms with Gasteiger partial charge in [0.2, 0.25) is 17.3 Å². The maximum Gasteiger partial charge on any atom is 0.325 e. The van der Waals surface area contributed by atoms with Crippen molar-refractivity contribution in [3.63, 3.8) is 0 Å². The zero-order valence-corrected chi connectivity index (χ0v) is 51.1. The van der Waals surface area contributed by atoms with Crippen LogP contribution in [-0.4, -0.2) is 61.8 Å². The number of nitrogens with one attached hydrogen (secondary N) is 4. The second-order valence-electron chi connectivity index (χ2n) is 21.8. The summed E-state index contributed by atoms with van der Waals surface area (Å²) in [4.78, 5) is 57.1. The summed E-state index contributed by atoms with van der Waals surface area (Å²) in [6, 6.07) is 65.6. The third kappa shape index (κ3) is 15.6. The molecule has 1 aliphatic rings. The van der Waals surface area contributed by atoms with E-state index in [2.05, 4.69) is 132 Å². The van der Waals surface area contributed by atoms with Crippen molar-refractivity contribution in [3.05, 3.63) is 210 Å². The summed E-state index contributed by atoms with van der Waals surface area (Å²) < 4.78 is 18.3. The number of hydrogen-bond donors (Lipinski definition) is 4. The molecule has 0 fully saturated rings. The van der Waals surface area contributed by atoms with Gasteiger partial charge in [0.25, 0.3) is 5.01 Å². The van der Waals surface area contributed by atoms with Crippen LogP contribution in [0.25, 0.3) is 49.2 Å². The molecule has 6 amide bonds. The largest absolute Gasteiger partial charge is 0.494 e. The number of benzene rings is 8. The van der Waals surface area contributed by atoms with Gasteiger partial charge in [-0.1, -0.05) is 138 Å². The van der Waals surface area contributed by atoms with E-state index in [9.17, 15) is 19.2 Å². The number of thioether (sulfide) groups is 1. The third-order valence-electron chi connectivity index (χ3n) is 15.6.